The van der Waals surface area contributed by atoms with E-state index in [9.17, 15) is 4.79 Å². The first-order valence-corrected chi connectivity index (χ1v) is 20.4. The highest BCUT2D eigenvalue weighted by Gasteiger charge is 2.43. The third-order valence-corrected chi connectivity index (χ3v) is 18.4. The fourth-order valence-corrected chi connectivity index (χ4v) is 7.55. The summed E-state index contributed by atoms with van der Waals surface area (Å²) in [7, 11) is -1.03. The molecule has 0 aromatic heterocycles. The molecule has 0 fully saturated rings. The Kier molecular flexibility index (Phi) is 8.08. The minimum absolute atomic E-state index is 0.0103. The van der Waals surface area contributed by atoms with Gasteiger partial charge in [0.15, 0.2) is 14.6 Å². The molecule has 4 rings (SSSR count). The van der Waals surface area contributed by atoms with Crippen LogP contribution in [-0.4, -0.2) is 37.1 Å². The van der Waals surface area contributed by atoms with Gasteiger partial charge in [0.05, 0.1) is 20.3 Å². The molecule has 222 valence electrons. The van der Waals surface area contributed by atoms with Gasteiger partial charge in [0.25, 0.3) is 8.32 Å². The largest absolute Gasteiger partial charge is 0.543 e. The Hall–Kier alpha value is -2.62. The van der Waals surface area contributed by atoms with Crippen molar-refractivity contribution in [2.45, 2.75) is 97.3 Å². The van der Waals surface area contributed by atoms with Gasteiger partial charge in [-0.25, -0.2) is 0 Å². The van der Waals surface area contributed by atoms with E-state index in [1.165, 1.54) is 5.56 Å². The predicted molar refractivity (Wildman–Crippen MR) is 175 cm³/mol. The zero-order valence-corrected chi connectivity index (χ0v) is 29.3. The second kappa shape index (κ2) is 10.6. The van der Waals surface area contributed by atoms with Crippen molar-refractivity contribution in [3.63, 3.8) is 0 Å². The second-order valence-electron chi connectivity index (χ2n) is 14.5. The third kappa shape index (κ3) is 5.48. The number of carbonyl (C=O) groups excluding carboxylic acids is 1. The van der Waals surface area contributed by atoms with Crippen LogP contribution in [0, 0.1) is 6.92 Å². The quantitative estimate of drug-likeness (QED) is 0.202. The summed E-state index contributed by atoms with van der Waals surface area (Å²) in [4.78, 5) is 13.2. The number of fused-ring (bicyclic) bond motifs is 4. The van der Waals surface area contributed by atoms with E-state index in [1.54, 1.807) is 14.2 Å². The molecule has 0 heterocycles. The first kappa shape index (κ1) is 31.3. The predicted octanol–water partition coefficient (Wildman–Crippen LogP) is 9.65. The van der Waals surface area contributed by atoms with Crippen molar-refractivity contribution >= 4 is 33.7 Å². The first-order valence-electron chi connectivity index (χ1n) is 14.5. The summed E-state index contributed by atoms with van der Waals surface area (Å²) in [6.07, 6.45) is 1.37. The van der Waals surface area contributed by atoms with E-state index < -0.39 is 16.6 Å². The number of aryl methyl sites for hydroxylation is 1. The number of methoxy groups -OCH3 is 2. The van der Waals surface area contributed by atoms with Gasteiger partial charge in [0.1, 0.15) is 17.2 Å². The van der Waals surface area contributed by atoms with E-state index in [2.05, 4.69) is 92.9 Å². The molecular formula is C34H48O5Si2. The molecule has 41 heavy (non-hydrogen) atoms. The molecule has 1 aliphatic carbocycles. The van der Waals surface area contributed by atoms with Crippen molar-refractivity contribution in [1.29, 1.82) is 0 Å². The minimum Gasteiger partial charge on any atom is -0.543 e. The summed E-state index contributed by atoms with van der Waals surface area (Å²) in [5.74, 6) is 2.23. The number of benzene rings is 3. The van der Waals surface area contributed by atoms with Crippen molar-refractivity contribution in [2.75, 3.05) is 14.2 Å². The minimum atomic E-state index is -2.20. The molecule has 0 saturated heterocycles. The van der Waals surface area contributed by atoms with Crippen LogP contribution < -0.4 is 13.9 Å². The van der Waals surface area contributed by atoms with E-state index in [4.69, 9.17) is 18.3 Å². The number of ether oxygens (including phenoxy) is 2. The topological polar surface area (TPSA) is 54.0 Å². The van der Waals surface area contributed by atoms with Crippen LogP contribution in [0.5, 0.6) is 17.2 Å². The zero-order chi connectivity index (χ0) is 30.7. The van der Waals surface area contributed by atoms with Gasteiger partial charge in [0, 0.05) is 28.3 Å². The normalized spacial score (nSPS) is 15.8. The number of aldehydes is 1. The van der Waals surface area contributed by atoms with Crippen molar-refractivity contribution < 1.29 is 23.1 Å². The molecule has 7 heteroatoms. The summed E-state index contributed by atoms with van der Waals surface area (Å²) in [6, 6.07) is 10.4. The molecule has 3 aromatic rings. The van der Waals surface area contributed by atoms with Crippen molar-refractivity contribution in [2.24, 2.45) is 0 Å². The Morgan fingerprint density at radius 3 is 1.95 bits per heavy atom. The first-order chi connectivity index (χ1) is 18.9. The van der Waals surface area contributed by atoms with E-state index in [1.807, 2.05) is 12.1 Å². The molecule has 0 radical (unpaired) electrons. The SMILES string of the molecule is COc1cc(C)cc2c1-c1cc3c(O[Si](C)(C)C(C)(C)C)ccc(OC)c3c(C=O)c1C(O[Si](C)(C)C(C)(C)C)C2. The molecule has 0 saturated carbocycles. The number of carbonyl (C=O) groups is 1. The average molecular weight is 593 g/mol. The highest BCUT2D eigenvalue weighted by Crippen LogP contribution is 2.53. The second-order valence-corrected chi connectivity index (χ2v) is 24.0. The summed E-state index contributed by atoms with van der Waals surface area (Å²) in [5.41, 5.74) is 5.81. The molecule has 0 amide bonds. The molecule has 1 aliphatic rings. The van der Waals surface area contributed by atoms with Gasteiger partial charge >= 0.3 is 0 Å². The molecule has 0 aliphatic heterocycles. The molecule has 3 aromatic carbocycles. The van der Waals surface area contributed by atoms with Gasteiger partial charge in [-0.1, -0.05) is 47.6 Å². The molecular weight excluding hydrogens is 545 g/mol. The van der Waals surface area contributed by atoms with Crippen LogP contribution in [0.3, 0.4) is 0 Å². The lowest BCUT2D eigenvalue weighted by Crippen LogP contribution is -2.44. The molecule has 5 nitrogen and oxygen atoms in total. The fourth-order valence-electron chi connectivity index (χ4n) is 5.25. The molecule has 1 unspecified atom stereocenters. The van der Waals surface area contributed by atoms with Crippen molar-refractivity contribution in [1.82, 2.24) is 0 Å². The zero-order valence-electron chi connectivity index (χ0n) is 27.3. The Labute approximate surface area is 248 Å². The van der Waals surface area contributed by atoms with E-state index in [0.717, 1.165) is 50.8 Å². The lowest BCUT2D eigenvalue weighted by molar-refractivity contribution is 0.111. The van der Waals surface area contributed by atoms with Gasteiger partial charge in [-0.2, -0.15) is 0 Å². The van der Waals surface area contributed by atoms with Gasteiger partial charge in [-0.05, 0) is 89.7 Å². The lowest BCUT2D eigenvalue weighted by atomic mass is 9.78. The Balaban J connectivity index is 2.14. The summed E-state index contributed by atoms with van der Waals surface area (Å²) >= 11 is 0. The van der Waals surface area contributed by atoms with Gasteiger partial charge < -0.3 is 18.3 Å². The highest BCUT2D eigenvalue weighted by atomic mass is 28.4. The number of rotatable bonds is 7. The summed E-state index contributed by atoms with van der Waals surface area (Å²) in [6.45, 7) is 24.6. The smallest absolute Gasteiger partial charge is 0.250 e. The molecule has 1 atom stereocenters. The van der Waals surface area contributed by atoms with Crippen LogP contribution in [0.4, 0.5) is 0 Å². The standard InChI is InChI=1S/C34H48O5Si2/c1-21-16-22-18-29(39-41(12,13)34(5,6)7)32-24(30(22)28(17-21)37-9)19-23-26(38-40(10,11)33(2,3)4)14-15-27(36-8)31(23)25(32)20-35/h14-17,19-20,29H,18H2,1-13H3. The molecule has 0 spiro atoms. The van der Waals surface area contributed by atoms with Crippen molar-refractivity contribution in [3.05, 3.63) is 52.6 Å². The maximum Gasteiger partial charge on any atom is 0.250 e. The molecule has 0 N–H and O–H groups in total. The highest BCUT2D eigenvalue weighted by molar-refractivity contribution is 6.75. The lowest BCUT2D eigenvalue weighted by Gasteiger charge is -2.42. The van der Waals surface area contributed by atoms with Gasteiger partial charge in [0.2, 0.25) is 0 Å². The van der Waals surface area contributed by atoms with E-state index >= 15 is 0 Å². The molecule has 0 bridgehead atoms. The number of hydrogen-bond donors (Lipinski definition) is 0. The van der Waals surface area contributed by atoms with Crippen LogP contribution in [-0.2, 0) is 10.8 Å². The van der Waals surface area contributed by atoms with Gasteiger partial charge in [-0.15, -0.1) is 0 Å². The van der Waals surface area contributed by atoms with E-state index in [0.29, 0.717) is 17.7 Å². The van der Waals surface area contributed by atoms with Crippen LogP contribution in [0.2, 0.25) is 36.3 Å². The van der Waals surface area contributed by atoms with E-state index in [-0.39, 0.29) is 16.2 Å². The maximum atomic E-state index is 13.2. The van der Waals surface area contributed by atoms with Crippen LogP contribution in [0.25, 0.3) is 21.9 Å². The fraction of sp³-hybridized carbons (Fsp3) is 0.500. The Morgan fingerprint density at radius 2 is 1.41 bits per heavy atom. The third-order valence-electron chi connectivity index (χ3n) is 9.60. The average Bonchev–Trinajstić information content (AvgIpc) is 2.85. The van der Waals surface area contributed by atoms with Crippen LogP contribution >= 0.6 is 0 Å². The Morgan fingerprint density at radius 1 is 0.829 bits per heavy atom. The monoisotopic (exact) mass is 592 g/mol. The van der Waals surface area contributed by atoms with Crippen LogP contribution in [0.15, 0.2) is 30.3 Å². The van der Waals surface area contributed by atoms with Crippen LogP contribution in [0.1, 0.15) is 74.7 Å². The maximum absolute atomic E-state index is 13.2. The van der Waals surface area contributed by atoms with Gasteiger partial charge in [-0.3, -0.25) is 4.79 Å². The summed E-state index contributed by atoms with van der Waals surface area (Å²) < 4.78 is 25.9. The number of hydrogen-bond acceptors (Lipinski definition) is 5. The Bertz CT molecular complexity index is 1490. The summed E-state index contributed by atoms with van der Waals surface area (Å²) in [5, 5.41) is 1.67. The van der Waals surface area contributed by atoms with Crippen molar-refractivity contribution in [3.8, 4) is 28.4 Å².